The standard InChI is InChI=1S/C35H39NO7/c1-26(19-27-13-15-31(16-14-27)41-25-35(38)39-2)36-21-30(37)24-40-32-17-18-33(42-22-28-9-5-3-6-10-28)34(20-32)43-23-29-11-7-4-8-12-29/h3-18,20,26,30,36-37H,19,21-25H2,1-2H3/t26-,30+/m1/s1. The molecule has 8 nitrogen and oxygen atoms in total. The van der Waals surface area contributed by atoms with Crippen LogP contribution in [0.4, 0.5) is 0 Å². The fraction of sp³-hybridized carbons (Fsp3) is 0.286. The Labute approximate surface area is 253 Å². The van der Waals surface area contributed by atoms with Gasteiger partial charge in [0, 0.05) is 18.7 Å². The maximum absolute atomic E-state index is 11.2. The van der Waals surface area contributed by atoms with Crippen molar-refractivity contribution in [2.45, 2.75) is 38.7 Å². The molecule has 0 radical (unpaired) electrons. The van der Waals surface area contributed by atoms with Crippen LogP contribution in [0.2, 0.25) is 0 Å². The van der Waals surface area contributed by atoms with Crippen molar-refractivity contribution in [3.05, 3.63) is 120 Å². The third-order valence-corrected chi connectivity index (χ3v) is 6.58. The third kappa shape index (κ3) is 11.0. The lowest BCUT2D eigenvalue weighted by Gasteiger charge is -2.19. The van der Waals surface area contributed by atoms with Crippen LogP contribution in [-0.2, 0) is 29.2 Å². The Balaban J connectivity index is 1.26. The number of ether oxygens (including phenoxy) is 5. The van der Waals surface area contributed by atoms with E-state index in [9.17, 15) is 9.90 Å². The van der Waals surface area contributed by atoms with Crippen molar-refractivity contribution in [2.24, 2.45) is 0 Å². The summed E-state index contributed by atoms with van der Waals surface area (Å²) in [6.45, 7) is 3.23. The van der Waals surface area contributed by atoms with Gasteiger partial charge in [0.05, 0.1) is 7.11 Å². The summed E-state index contributed by atoms with van der Waals surface area (Å²) >= 11 is 0. The van der Waals surface area contributed by atoms with E-state index in [1.807, 2.05) is 97.1 Å². The zero-order valence-electron chi connectivity index (χ0n) is 24.6. The Morgan fingerprint density at radius 3 is 1.95 bits per heavy atom. The third-order valence-electron chi connectivity index (χ3n) is 6.58. The van der Waals surface area contributed by atoms with Crippen molar-refractivity contribution in [2.75, 3.05) is 26.9 Å². The summed E-state index contributed by atoms with van der Waals surface area (Å²) in [7, 11) is 1.33. The number of carbonyl (C=O) groups excluding carboxylic acids is 1. The van der Waals surface area contributed by atoms with Crippen LogP contribution < -0.4 is 24.3 Å². The Kier molecular flexibility index (Phi) is 12.3. The Morgan fingerprint density at radius 1 is 0.721 bits per heavy atom. The maximum Gasteiger partial charge on any atom is 0.343 e. The fourth-order valence-electron chi connectivity index (χ4n) is 4.22. The molecule has 0 aliphatic heterocycles. The van der Waals surface area contributed by atoms with Crippen LogP contribution in [-0.4, -0.2) is 50.1 Å². The van der Waals surface area contributed by atoms with Gasteiger partial charge in [0.1, 0.15) is 37.4 Å². The van der Waals surface area contributed by atoms with Crippen molar-refractivity contribution in [1.29, 1.82) is 0 Å². The van der Waals surface area contributed by atoms with E-state index >= 15 is 0 Å². The average molecular weight is 586 g/mol. The molecule has 0 fully saturated rings. The van der Waals surface area contributed by atoms with E-state index in [1.165, 1.54) is 7.11 Å². The molecule has 4 aromatic carbocycles. The monoisotopic (exact) mass is 585 g/mol. The minimum absolute atomic E-state index is 0.119. The van der Waals surface area contributed by atoms with Gasteiger partial charge in [-0.15, -0.1) is 0 Å². The SMILES string of the molecule is COC(=O)COc1ccc(C[C@@H](C)NC[C@H](O)COc2ccc(OCc3ccccc3)c(OCc3ccccc3)c2)cc1. The molecule has 0 aliphatic rings. The Bertz CT molecular complexity index is 1380. The lowest BCUT2D eigenvalue weighted by Crippen LogP contribution is -2.37. The van der Waals surface area contributed by atoms with Crippen LogP contribution in [0.3, 0.4) is 0 Å². The lowest BCUT2D eigenvalue weighted by molar-refractivity contribution is -0.142. The number of aliphatic hydroxyl groups excluding tert-OH is 1. The predicted octanol–water partition coefficient (Wildman–Crippen LogP) is 5.36. The van der Waals surface area contributed by atoms with Gasteiger partial charge in [-0.3, -0.25) is 0 Å². The summed E-state index contributed by atoms with van der Waals surface area (Å²) in [5.74, 6) is 1.95. The fourth-order valence-corrected chi connectivity index (χ4v) is 4.22. The molecule has 0 saturated carbocycles. The number of esters is 1. The average Bonchev–Trinajstić information content (AvgIpc) is 3.05. The molecule has 4 rings (SSSR count). The molecule has 0 aliphatic carbocycles. The number of aliphatic hydroxyl groups is 1. The smallest absolute Gasteiger partial charge is 0.343 e. The van der Waals surface area contributed by atoms with Gasteiger partial charge in [0.25, 0.3) is 0 Å². The van der Waals surface area contributed by atoms with E-state index < -0.39 is 12.1 Å². The minimum Gasteiger partial charge on any atom is -0.491 e. The molecule has 2 atom stereocenters. The number of hydrogen-bond donors (Lipinski definition) is 2. The summed E-state index contributed by atoms with van der Waals surface area (Å²) in [6.07, 6.45) is 0.0523. The highest BCUT2D eigenvalue weighted by atomic mass is 16.6. The lowest BCUT2D eigenvalue weighted by atomic mass is 10.1. The van der Waals surface area contributed by atoms with E-state index in [-0.39, 0.29) is 19.3 Å². The first-order valence-electron chi connectivity index (χ1n) is 14.3. The quantitative estimate of drug-likeness (QED) is 0.160. The molecule has 4 aromatic rings. The van der Waals surface area contributed by atoms with Crippen molar-refractivity contribution in [1.82, 2.24) is 5.32 Å². The molecular weight excluding hydrogens is 546 g/mol. The van der Waals surface area contributed by atoms with Crippen LogP contribution in [0, 0.1) is 0 Å². The van der Waals surface area contributed by atoms with Crippen LogP contribution in [0.1, 0.15) is 23.6 Å². The van der Waals surface area contributed by atoms with E-state index in [0.717, 1.165) is 23.1 Å². The van der Waals surface area contributed by atoms with Crippen molar-refractivity contribution in [3.8, 4) is 23.0 Å². The molecule has 0 bridgehead atoms. The highest BCUT2D eigenvalue weighted by Crippen LogP contribution is 2.33. The van der Waals surface area contributed by atoms with Gasteiger partial charge in [0.15, 0.2) is 18.1 Å². The van der Waals surface area contributed by atoms with Gasteiger partial charge in [-0.2, -0.15) is 0 Å². The molecule has 43 heavy (non-hydrogen) atoms. The molecule has 0 amide bonds. The molecule has 0 spiro atoms. The van der Waals surface area contributed by atoms with Gasteiger partial charge >= 0.3 is 5.97 Å². The largest absolute Gasteiger partial charge is 0.491 e. The second-order valence-corrected chi connectivity index (χ2v) is 10.1. The van der Waals surface area contributed by atoms with Crippen LogP contribution in [0.15, 0.2) is 103 Å². The van der Waals surface area contributed by atoms with E-state index in [1.54, 1.807) is 6.07 Å². The van der Waals surface area contributed by atoms with Gasteiger partial charge in [-0.25, -0.2) is 4.79 Å². The number of rotatable bonds is 17. The van der Waals surface area contributed by atoms with E-state index in [0.29, 0.717) is 42.8 Å². The predicted molar refractivity (Wildman–Crippen MR) is 165 cm³/mol. The summed E-state index contributed by atoms with van der Waals surface area (Å²) in [5, 5.41) is 13.9. The molecule has 2 N–H and O–H groups in total. The topological polar surface area (TPSA) is 95.5 Å². The molecule has 8 heteroatoms. The summed E-state index contributed by atoms with van der Waals surface area (Å²) in [6, 6.07) is 33.0. The second kappa shape index (κ2) is 16.8. The summed E-state index contributed by atoms with van der Waals surface area (Å²) < 4.78 is 28.1. The number of hydrogen-bond acceptors (Lipinski definition) is 8. The van der Waals surface area contributed by atoms with Crippen molar-refractivity contribution >= 4 is 5.97 Å². The van der Waals surface area contributed by atoms with Gasteiger partial charge in [-0.05, 0) is 54.3 Å². The zero-order chi connectivity index (χ0) is 30.3. The highest BCUT2D eigenvalue weighted by molar-refractivity contribution is 5.70. The first-order chi connectivity index (χ1) is 21.0. The summed E-state index contributed by atoms with van der Waals surface area (Å²) in [4.78, 5) is 11.2. The molecule has 0 unspecified atom stereocenters. The normalized spacial score (nSPS) is 12.2. The zero-order valence-corrected chi connectivity index (χ0v) is 24.6. The molecule has 0 aromatic heterocycles. The second-order valence-electron chi connectivity index (χ2n) is 10.1. The number of methoxy groups -OCH3 is 1. The van der Waals surface area contributed by atoms with Gasteiger partial charge in [0.2, 0.25) is 0 Å². The van der Waals surface area contributed by atoms with Crippen LogP contribution in [0.25, 0.3) is 0 Å². The highest BCUT2D eigenvalue weighted by Gasteiger charge is 2.13. The number of benzene rings is 4. The molecule has 0 saturated heterocycles. The van der Waals surface area contributed by atoms with Crippen molar-refractivity contribution in [3.63, 3.8) is 0 Å². The molecule has 226 valence electrons. The minimum atomic E-state index is -0.709. The first kappa shape index (κ1) is 31.4. The Hall–Kier alpha value is -4.53. The first-order valence-corrected chi connectivity index (χ1v) is 14.3. The summed E-state index contributed by atoms with van der Waals surface area (Å²) in [5.41, 5.74) is 3.21. The van der Waals surface area contributed by atoms with Crippen molar-refractivity contribution < 1.29 is 33.6 Å². The number of nitrogens with one attached hydrogen (secondary N) is 1. The maximum atomic E-state index is 11.2. The van der Waals surface area contributed by atoms with E-state index in [2.05, 4.69) is 17.0 Å². The molecule has 0 heterocycles. The molecular formula is C35H39NO7. The Morgan fingerprint density at radius 2 is 1.33 bits per heavy atom. The number of carbonyl (C=O) groups is 1. The van der Waals surface area contributed by atoms with E-state index in [4.69, 9.17) is 18.9 Å². The van der Waals surface area contributed by atoms with Crippen LogP contribution in [0.5, 0.6) is 23.0 Å². The van der Waals surface area contributed by atoms with Gasteiger partial charge < -0.3 is 34.1 Å². The van der Waals surface area contributed by atoms with Gasteiger partial charge in [-0.1, -0.05) is 72.8 Å². The van der Waals surface area contributed by atoms with Crippen LogP contribution >= 0.6 is 0 Å².